The van der Waals surface area contributed by atoms with Crippen molar-refractivity contribution in [1.82, 2.24) is 10.0 Å². The molecule has 182 valence electrons. The van der Waals surface area contributed by atoms with Crippen molar-refractivity contribution in [2.24, 2.45) is 11.8 Å². The standard InChI is InChI=1S/C22H18Br2N4O7/c23-16-9-14-15(10-17(16)24)22(31)26(21(14)30)25(11-12-5-1-3-7-18(12)27(32)33)20(29)13-6-2-4-8-19(13)28(34)35/h1-8,14-17H,9-11H2/t14-,15+,16+,17-. The number of hydrogen-bond donors (Lipinski definition) is 0. The quantitative estimate of drug-likeness (QED) is 0.208. The minimum Gasteiger partial charge on any atom is -0.272 e. The zero-order valence-corrected chi connectivity index (χ0v) is 21.1. The second-order valence-electron chi connectivity index (χ2n) is 8.23. The summed E-state index contributed by atoms with van der Waals surface area (Å²) in [6.45, 7) is -0.506. The van der Waals surface area contributed by atoms with Crippen molar-refractivity contribution in [3.8, 4) is 0 Å². The Hall–Kier alpha value is -3.19. The second-order valence-corrected chi connectivity index (χ2v) is 10.6. The Balaban J connectivity index is 1.81. The molecule has 0 bridgehead atoms. The molecular formula is C22H18Br2N4O7. The number of nitro groups is 2. The number of hydrogen-bond acceptors (Lipinski definition) is 7. The Labute approximate surface area is 215 Å². The number of fused-ring (bicyclic) bond motifs is 1. The van der Waals surface area contributed by atoms with Crippen LogP contribution in [-0.4, -0.2) is 47.2 Å². The molecule has 3 amide bonds. The highest BCUT2D eigenvalue weighted by atomic mass is 79.9. The van der Waals surface area contributed by atoms with Crippen molar-refractivity contribution in [3.05, 3.63) is 79.9 Å². The lowest BCUT2D eigenvalue weighted by Gasteiger charge is -2.30. The summed E-state index contributed by atoms with van der Waals surface area (Å²) in [5.74, 6) is -3.59. The molecule has 0 unspecified atom stereocenters. The number of imide groups is 1. The van der Waals surface area contributed by atoms with Gasteiger partial charge in [0.15, 0.2) is 0 Å². The summed E-state index contributed by atoms with van der Waals surface area (Å²) in [6.07, 6.45) is 0.696. The largest absolute Gasteiger partial charge is 0.282 e. The number of nitrogens with zero attached hydrogens (tertiary/aromatic N) is 4. The molecule has 1 saturated carbocycles. The van der Waals surface area contributed by atoms with E-state index in [1.807, 2.05) is 0 Å². The van der Waals surface area contributed by atoms with Gasteiger partial charge >= 0.3 is 0 Å². The van der Waals surface area contributed by atoms with Crippen LogP contribution >= 0.6 is 31.9 Å². The first-order valence-electron chi connectivity index (χ1n) is 10.5. The van der Waals surface area contributed by atoms with Crippen molar-refractivity contribution >= 4 is 61.0 Å². The monoisotopic (exact) mass is 608 g/mol. The van der Waals surface area contributed by atoms with Crippen LogP contribution in [-0.2, 0) is 16.1 Å². The van der Waals surface area contributed by atoms with E-state index in [2.05, 4.69) is 31.9 Å². The van der Waals surface area contributed by atoms with Gasteiger partial charge in [0.25, 0.3) is 29.1 Å². The first kappa shape index (κ1) is 24.9. The molecule has 13 heteroatoms. The Kier molecular flexibility index (Phi) is 6.99. The van der Waals surface area contributed by atoms with Crippen LogP contribution in [0.4, 0.5) is 11.4 Å². The van der Waals surface area contributed by atoms with E-state index in [9.17, 15) is 34.6 Å². The molecule has 1 saturated heterocycles. The molecule has 11 nitrogen and oxygen atoms in total. The summed E-state index contributed by atoms with van der Waals surface area (Å²) in [5, 5.41) is 24.6. The summed E-state index contributed by atoms with van der Waals surface area (Å²) in [6, 6.07) is 10.8. The molecule has 2 aromatic rings. The van der Waals surface area contributed by atoms with Crippen LogP contribution in [0.1, 0.15) is 28.8 Å². The number of benzene rings is 2. The van der Waals surface area contributed by atoms with Gasteiger partial charge in [0.2, 0.25) is 0 Å². The summed E-state index contributed by atoms with van der Waals surface area (Å²) in [5.41, 5.74) is -1.10. The molecule has 2 aliphatic rings. The lowest BCUT2D eigenvalue weighted by molar-refractivity contribution is -0.385. The topological polar surface area (TPSA) is 144 Å². The van der Waals surface area contributed by atoms with Crippen molar-refractivity contribution < 1.29 is 24.2 Å². The number of para-hydroxylation sites is 2. The number of rotatable bonds is 6. The molecule has 0 aromatic heterocycles. The molecule has 2 aromatic carbocycles. The molecule has 0 spiro atoms. The van der Waals surface area contributed by atoms with Gasteiger partial charge in [-0.3, -0.25) is 34.6 Å². The summed E-state index contributed by atoms with van der Waals surface area (Å²) >= 11 is 7.01. The maximum atomic E-state index is 13.7. The third-order valence-corrected chi connectivity index (χ3v) is 8.94. The zero-order chi connectivity index (χ0) is 25.4. The van der Waals surface area contributed by atoms with Gasteiger partial charge in [-0.2, -0.15) is 5.01 Å². The molecule has 4 rings (SSSR count). The molecule has 0 N–H and O–H groups in total. The summed E-state index contributed by atoms with van der Waals surface area (Å²) in [4.78, 5) is 62.1. The van der Waals surface area contributed by atoms with Gasteiger partial charge < -0.3 is 0 Å². The van der Waals surface area contributed by atoms with Crippen molar-refractivity contribution in [2.45, 2.75) is 29.0 Å². The van der Waals surface area contributed by atoms with E-state index in [1.165, 1.54) is 42.5 Å². The fourth-order valence-electron chi connectivity index (χ4n) is 4.49. The van der Waals surface area contributed by atoms with Crippen LogP contribution in [0.15, 0.2) is 48.5 Å². The third-order valence-electron chi connectivity index (χ3n) is 6.20. The van der Waals surface area contributed by atoms with Crippen molar-refractivity contribution in [3.63, 3.8) is 0 Å². The summed E-state index contributed by atoms with van der Waals surface area (Å²) in [7, 11) is 0. The predicted molar refractivity (Wildman–Crippen MR) is 130 cm³/mol. The molecule has 4 atom stereocenters. The van der Waals surface area contributed by atoms with E-state index in [1.54, 1.807) is 0 Å². The Morgan fingerprint density at radius 2 is 1.37 bits per heavy atom. The fraction of sp³-hybridized carbons (Fsp3) is 0.318. The second kappa shape index (κ2) is 9.82. The lowest BCUT2D eigenvalue weighted by Crippen LogP contribution is -2.50. The van der Waals surface area contributed by atoms with Gasteiger partial charge in [0.05, 0.1) is 33.8 Å². The number of hydrazine groups is 1. The van der Waals surface area contributed by atoms with E-state index in [0.29, 0.717) is 12.8 Å². The normalized spacial score (nSPS) is 23.7. The van der Waals surface area contributed by atoms with Gasteiger partial charge in [-0.15, -0.1) is 0 Å². The van der Waals surface area contributed by atoms with Gasteiger partial charge in [-0.1, -0.05) is 62.2 Å². The zero-order valence-electron chi connectivity index (χ0n) is 18.0. The Morgan fingerprint density at radius 1 is 0.886 bits per heavy atom. The summed E-state index contributed by atoms with van der Waals surface area (Å²) < 4.78 is 0. The minimum absolute atomic E-state index is 0.0663. The van der Waals surface area contributed by atoms with Crippen LogP contribution < -0.4 is 0 Å². The van der Waals surface area contributed by atoms with Crippen LogP contribution in [0, 0.1) is 32.1 Å². The average molecular weight is 610 g/mol. The number of halogens is 2. The number of nitro benzene ring substituents is 2. The lowest BCUT2D eigenvalue weighted by atomic mass is 9.81. The maximum absolute atomic E-state index is 13.7. The number of amides is 3. The molecule has 2 fully saturated rings. The highest BCUT2D eigenvalue weighted by Gasteiger charge is 2.55. The highest BCUT2D eigenvalue weighted by molar-refractivity contribution is 9.12. The van der Waals surface area contributed by atoms with Gasteiger partial charge in [-0.05, 0) is 18.9 Å². The van der Waals surface area contributed by atoms with Gasteiger partial charge in [-0.25, -0.2) is 5.01 Å². The fourth-order valence-corrected chi connectivity index (χ4v) is 5.72. The van der Waals surface area contributed by atoms with E-state index < -0.39 is 51.6 Å². The Bertz CT molecular complexity index is 1210. The average Bonchev–Trinajstić information content (AvgIpc) is 3.06. The van der Waals surface area contributed by atoms with Crippen molar-refractivity contribution in [1.29, 1.82) is 0 Å². The maximum Gasteiger partial charge on any atom is 0.282 e. The van der Waals surface area contributed by atoms with Crippen LogP contribution in [0.2, 0.25) is 0 Å². The third kappa shape index (κ3) is 4.57. The minimum atomic E-state index is -0.985. The molecular weight excluding hydrogens is 592 g/mol. The van der Waals surface area contributed by atoms with Gasteiger partial charge in [0.1, 0.15) is 5.56 Å². The van der Waals surface area contributed by atoms with Gasteiger partial charge in [0, 0.05) is 21.8 Å². The van der Waals surface area contributed by atoms with E-state index in [-0.39, 0.29) is 26.5 Å². The van der Waals surface area contributed by atoms with Crippen molar-refractivity contribution in [2.75, 3.05) is 0 Å². The van der Waals surface area contributed by atoms with E-state index in [0.717, 1.165) is 16.1 Å². The predicted octanol–water partition coefficient (Wildman–Crippen LogP) is 3.98. The number of carbonyl (C=O) groups is 3. The molecule has 0 radical (unpaired) electrons. The molecule has 1 aliphatic carbocycles. The first-order valence-corrected chi connectivity index (χ1v) is 12.4. The van der Waals surface area contributed by atoms with E-state index in [4.69, 9.17) is 0 Å². The SMILES string of the molecule is O=C(c1ccccc1[N+](=O)[O-])N(Cc1ccccc1[N+](=O)[O-])N1C(=O)[C@H]2C[C@@H](Br)[C@@H](Br)C[C@H]2C1=O. The molecule has 1 heterocycles. The molecule has 1 aliphatic heterocycles. The first-order chi connectivity index (χ1) is 16.6. The highest BCUT2D eigenvalue weighted by Crippen LogP contribution is 2.44. The number of alkyl halides is 2. The van der Waals surface area contributed by atoms with Crippen LogP contribution in [0.3, 0.4) is 0 Å². The van der Waals surface area contributed by atoms with Crippen LogP contribution in [0.5, 0.6) is 0 Å². The smallest absolute Gasteiger partial charge is 0.272 e. The van der Waals surface area contributed by atoms with Crippen LogP contribution in [0.25, 0.3) is 0 Å². The molecule has 35 heavy (non-hydrogen) atoms. The Morgan fingerprint density at radius 3 is 1.91 bits per heavy atom. The number of carbonyl (C=O) groups excluding carboxylic acids is 3. The van der Waals surface area contributed by atoms with E-state index >= 15 is 0 Å².